The average Bonchev–Trinajstić information content (AvgIpc) is 3.20. The van der Waals surface area contributed by atoms with Crippen LogP contribution in [0.4, 0.5) is 11.6 Å². The Morgan fingerprint density at radius 3 is 2.46 bits per heavy atom. The van der Waals surface area contributed by atoms with Gasteiger partial charge >= 0.3 is 0 Å². The molecule has 1 aliphatic rings. The van der Waals surface area contributed by atoms with E-state index in [1.54, 1.807) is 18.7 Å². The fourth-order valence-corrected chi connectivity index (χ4v) is 2.07. The minimum absolute atomic E-state index is 0.0666. The fourth-order valence-electron chi connectivity index (χ4n) is 2.07. The predicted octanol–water partition coefficient (Wildman–Crippen LogP) is 0.434. The Labute approximate surface area is 136 Å². The first kappa shape index (κ1) is 16.0. The van der Waals surface area contributed by atoms with E-state index >= 15 is 0 Å². The highest BCUT2D eigenvalue weighted by molar-refractivity contribution is 5.81. The van der Waals surface area contributed by atoms with Gasteiger partial charge in [0.1, 0.15) is 17.9 Å². The molecule has 2 aromatic rings. The van der Waals surface area contributed by atoms with Gasteiger partial charge in [-0.05, 0) is 24.2 Å². The van der Waals surface area contributed by atoms with E-state index in [-0.39, 0.29) is 18.3 Å². The fraction of sp³-hybridized carbons (Fsp3) is 0.583. The third kappa shape index (κ3) is 3.53. The van der Waals surface area contributed by atoms with Crippen LogP contribution in [0, 0.1) is 13.8 Å². The lowest BCUT2D eigenvalue weighted by molar-refractivity contribution is -0.133. The summed E-state index contributed by atoms with van der Waals surface area (Å²) in [5.74, 6) is 0.386. The number of carbonyl (C=O) groups excluding carboxylic acids is 1. The molecule has 0 atom stereocenters. The van der Waals surface area contributed by atoms with Crippen LogP contribution >= 0.6 is 0 Å². The molecular formula is C12H16N8O4. The number of anilines is 1. The van der Waals surface area contributed by atoms with E-state index in [0.717, 1.165) is 0 Å². The lowest BCUT2D eigenvalue weighted by Crippen LogP contribution is -2.45. The van der Waals surface area contributed by atoms with Crippen LogP contribution in [0.15, 0.2) is 19.6 Å². The van der Waals surface area contributed by atoms with Gasteiger partial charge in [-0.3, -0.25) is 4.79 Å². The van der Waals surface area contributed by atoms with Gasteiger partial charge in [0.05, 0.1) is 13.2 Å². The molecule has 24 heavy (non-hydrogen) atoms. The van der Waals surface area contributed by atoms with Crippen molar-refractivity contribution in [3.63, 3.8) is 0 Å². The molecule has 3 rings (SSSR count). The smallest absolute Gasteiger partial charge is 0.244 e. The molecule has 0 aliphatic carbocycles. The first-order valence-corrected chi connectivity index (χ1v) is 7.28. The maximum Gasteiger partial charge on any atom is 0.244 e. The number of ether oxygens (including phenoxy) is 1. The van der Waals surface area contributed by atoms with Gasteiger partial charge in [-0.15, -0.1) is 5.11 Å². The van der Waals surface area contributed by atoms with Crippen LogP contribution in [0.2, 0.25) is 0 Å². The number of hydrogen-bond donors (Lipinski definition) is 0. The quantitative estimate of drug-likeness (QED) is 0.562. The second kappa shape index (κ2) is 7.12. The first-order valence-electron chi connectivity index (χ1n) is 7.28. The highest BCUT2D eigenvalue weighted by Crippen LogP contribution is 2.19. The maximum atomic E-state index is 12.4. The van der Waals surface area contributed by atoms with E-state index in [4.69, 9.17) is 4.74 Å². The Morgan fingerprint density at radius 1 is 1.12 bits per heavy atom. The summed E-state index contributed by atoms with van der Waals surface area (Å²) in [5, 5.41) is 24.0. The zero-order valence-corrected chi connectivity index (χ0v) is 13.2. The van der Waals surface area contributed by atoms with Crippen molar-refractivity contribution in [3.8, 4) is 0 Å². The van der Waals surface area contributed by atoms with Crippen molar-refractivity contribution in [1.29, 1.82) is 0 Å². The molecule has 1 aliphatic heterocycles. The standard InChI is InChI=1S/C12H16N8O4/c1-8-11(16-23-14-8)13-18-20(12-9(2)15-24-17-12)7-10(21)19-3-5-22-6-4-19/h3-7H2,1-2H3. The van der Waals surface area contributed by atoms with Crippen molar-refractivity contribution in [1.82, 2.24) is 25.5 Å². The summed E-state index contributed by atoms with van der Waals surface area (Å²) < 4.78 is 14.5. The van der Waals surface area contributed by atoms with Crippen LogP contribution in [0.1, 0.15) is 11.4 Å². The number of carbonyl (C=O) groups is 1. The molecule has 1 fully saturated rings. The monoisotopic (exact) mass is 336 g/mol. The van der Waals surface area contributed by atoms with Crippen LogP contribution in [-0.2, 0) is 9.53 Å². The van der Waals surface area contributed by atoms with E-state index in [1.807, 2.05) is 0 Å². The molecule has 0 spiro atoms. The highest BCUT2D eigenvalue weighted by Gasteiger charge is 2.23. The lowest BCUT2D eigenvalue weighted by atomic mass is 10.4. The van der Waals surface area contributed by atoms with Crippen LogP contribution < -0.4 is 5.01 Å². The van der Waals surface area contributed by atoms with Gasteiger partial charge in [-0.25, -0.2) is 14.3 Å². The molecule has 3 heterocycles. The summed E-state index contributed by atoms with van der Waals surface area (Å²) in [4.78, 5) is 14.1. The van der Waals surface area contributed by atoms with Gasteiger partial charge < -0.3 is 9.64 Å². The van der Waals surface area contributed by atoms with Gasteiger partial charge in [0.2, 0.25) is 17.5 Å². The molecule has 1 saturated heterocycles. The number of aromatic nitrogens is 4. The van der Waals surface area contributed by atoms with Gasteiger partial charge in [0.15, 0.2) is 0 Å². The van der Waals surface area contributed by atoms with Crippen LogP contribution in [-0.4, -0.2) is 64.3 Å². The highest BCUT2D eigenvalue weighted by atomic mass is 16.6. The number of aryl methyl sites for hydroxylation is 2. The normalized spacial score (nSPS) is 15.2. The van der Waals surface area contributed by atoms with E-state index in [2.05, 4.69) is 40.2 Å². The van der Waals surface area contributed by atoms with Crippen molar-refractivity contribution >= 4 is 17.5 Å². The summed E-state index contributed by atoms with van der Waals surface area (Å²) in [6.07, 6.45) is 0. The topological polar surface area (TPSA) is 135 Å². The van der Waals surface area contributed by atoms with Crippen molar-refractivity contribution in [3.05, 3.63) is 11.4 Å². The second-order valence-corrected chi connectivity index (χ2v) is 5.09. The molecule has 0 aromatic carbocycles. The summed E-state index contributed by atoms with van der Waals surface area (Å²) in [7, 11) is 0. The van der Waals surface area contributed by atoms with Crippen molar-refractivity contribution < 1.29 is 18.8 Å². The molecule has 2 aromatic heterocycles. The molecule has 12 nitrogen and oxygen atoms in total. The molecule has 1 amide bonds. The van der Waals surface area contributed by atoms with Crippen LogP contribution in [0.25, 0.3) is 0 Å². The average molecular weight is 336 g/mol. The molecule has 12 heteroatoms. The van der Waals surface area contributed by atoms with Gasteiger partial charge in [0, 0.05) is 13.1 Å². The van der Waals surface area contributed by atoms with Crippen molar-refractivity contribution in [2.24, 2.45) is 10.3 Å². The van der Waals surface area contributed by atoms with Crippen LogP contribution in [0.3, 0.4) is 0 Å². The van der Waals surface area contributed by atoms with E-state index in [0.29, 0.717) is 43.5 Å². The Bertz CT molecular complexity index is 720. The number of nitrogens with zero attached hydrogens (tertiary/aromatic N) is 8. The van der Waals surface area contributed by atoms with Crippen LogP contribution in [0.5, 0.6) is 0 Å². The zero-order chi connectivity index (χ0) is 16.9. The minimum Gasteiger partial charge on any atom is -0.378 e. The molecule has 128 valence electrons. The lowest BCUT2D eigenvalue weighted by Gasteiger charge is -2.28. The summed E-state index contributed by atoms with van der Waals surface area (Å²) in [5.41, 5.74) is 0.965. The Kier molecular flexibility index (Phi) is 4.74. The SMILES string of the molecule is Cc1nonc1N=NN(CC(=O)N1CCOCC1)c1nonc1C. The van der Waals surface area contributed by atoms with Gasteiger partial charge in [-0.1, -0.05) is 15.5 Å². The summed E-state index contributed by atoms with van der Waals surface area (Å²) >= 11 is 0. The Morgan fingerprint density at radius 2 is 1.83 bits per heavy atom. The molecular weight excluding hydrogens is 320 g/mol. The second-order valence-electron chi connectivity index (χ2n) is 5.09. The van der Waals surface area contributed by atoms with E-state index in [9.17, 15) is 4.79 Å². The Balaban J connectivity index is 1.77. The summed E-state index contributed by atoms with van der Waals surface area (Å²) in [6.45, 7) is 5.40. The predicted molar refractivity (Wildman–Crippen MR) is 77.3 cm³/mol. The summed E-state index contributed by atoms with van der Waals surface area (Å²) in [6, 6.07) is 0. The number of morpholine rings is 1. The van der Waals surface area contributed by atoms with E-state index < -0.39 is 0 Å². The van der Waals surface area contributed by atoms with Crippen molar-refractivity contribution in [2.75, 3.05) is 37.9 Å². The van der Waals surface area contributed by atoms with E-state index in [1.165, 1.54) is 5.01 Å². The number of hydrogen-bond acceptors (Lipinski definition) is 10. The third-order valence-electron chi connectivity index (χ3n) is 3.40. The molecule has 0 bridgehead atoms. The largest absolute Gasteiger partial charge is 0.378 e. The molecule has 0 radical (unpaired) electrons. The molecule has 0 N–H and O–H groups in total. The minimum atomic E-state index is -0.130. The Hall–Kier alpha value is -2.89. The first-order chi connectivity index (χ1) is 11.6. The number of rotatable bonds is 5. The molecule has 0 saturated carbocycles. The van der Waals surface area contributed by atoms with Gasteiger partial charge in [-0.2, -0.15) is 0 Å². The zero-order valence-electron chi connectivity index (χ0n) is 13.2. The third-order valence-corrected chi connectivity index (χ3v) is 3.40. The molecule has 0 unspecified atom stereocenters. The van der Waals surface area contributed by atoms with Gasteiger partial charge in [0.25, 0.3) is 0 Å². The number of amides is 1. The maximum absolute atomic E-state index is 12.4. The van der Waals surface area contributed by atoms with Crippen molar-refractivity contribution in [2.45, 2.75) is 13.8 Å².